The van der Waals surface area contributed by atoms with Crippen molar-refractivity contribution in [1.82, 2.24) is 19.7 Å². The smallest absolute Gasteiger partial charge is 0.303 e. The van der Waals surface area contributed by atoms with E-state index in [4.69, 9.17) is 15.2 Å². The molecule has 0 bridgehead atoms. The molecule has 2 aromatic heterocycles. The summed E-state index contributed by atoms with van der Waals surface area (Å²) in [6.07, 6.45) is 3.90. The summed E-state index contributed by atoms with van der Waals surface area (Å²) in [5, 5.41) is 14.6. The number of aryl methyl sites for hydroxylation is 1. The molecule has 1 aliphatic heterocycles. The number of carbonyl (C=O) groups excluding carboxylic acids is 1. The second-order valence-electron chi connectivity index (χ2n) is 9.57. The minimum atomic E-state index is -0.759. The van der Waals surface area contributed by atoms with E-state index in [0.717, 1.165) is 48.1 Å². The number of fused-ring (bicyclic) bond motifs is 1. The number of likely N-dealkylation sites (tertiary alicyclic amines) is 1. The molecule has 7 nitrogen and oxygen atoms in total. The number of carbonyl (C=O) groups is 2. The molecule has 7 heteroatoms. The first-order chi connectivity index (χ1) is 13.6. The average Bonchev–Trinajstić information content (AvgIpc) is 3.44. The molecule has 29 heavy (non-hydrogen) atoms. The first-order valence-electron chi connectivity index (χ1n) is 10.6. The molecule has 2 fully saturated rings. The largest absolute Gasteiger partial charge is 0.481 e. The van der Waals surface area contributed by atoms with Gasteiger partial charge in [-0.05, 0) is 65.4 Å². The molecule has 1 saturated heterocycles. The molecule has 0 unspecified atom stereocenters. The summed E-state index contributed by atoms with van der Waals surface area (Å²) < 4.78 is 1.94. The van der Waals surface area contributed by atoms with Crippen molar-refractivity contribution in [3.05, 3.63) is 23.0 Å². The molecule has 1 amide bonds. The van der Waals surface area contributed by atoms with E-state index >= 15 is 0 Å². The van der Waals surface area contributed by atoms with Crippen molar-refractivity contribution in [3.63, 3.8) is 0 Å². The first kappa shape index (κ1) is 19.9. The maximum absolute atomic E-state index is 13.5. The molecule has 1 aliphatic carbocycles. The van der Waals surface area contributed by atoms with Gasteiger partial charge in [-0.1, -0.05) is 0 Å². The van der Waals surface area contributed by atoms with Crippen LogP contribution in [0.25, 0.3) is 11.0 Å². The number of aliphatic carboxylic acids is 1. The van der Waals surface area contributed by atoms with Gasteiger partial charge < -0.3 is 10.0 Å². The van der Waals surface area contributed by atoms with E-state index in [0.29, 0.717) is 24.6 Å². The summed E-state index contributed by atoms with van der Waals surface area (Å²) in [4.78, 5) is 31.3. The number of nitrogens with zero attached hydrogens (tertiary/aromatic N) is 4. The van der Waals surface area contributed by atoms with Crippen molar-refractivity contribution in [2.45, 2.75) is 71.3 Å². The molecule has 2 aromatic rings. The summed E-state index contributed by atoms with van der Waals surface area (Å²) in [6.45, 7) is 9.44. The van der Waals surface area contributed by atoms with Gasteiger partial charge in [-0.2, -0.15) is 5.10 Å². The van der Waals surface area contributed by atoms with Gasteiger partial charge in [0.05, 0.1) is 22.2 Å². The molecule has 0 aromatic carbocycles. The zero-order valence-electron chi connectivity index (χ0n) is 17.7. The molecular weight excluding hydrogens is 368 g/mol. The fourth-order valence-electron chi connectivity index (χ4n) is 4.29. The highest BCUT2D eigenvalue weighted by atomic mass is 16.4. The van der Waals surface area contributed by atoms with Gasteiger partial charge in [0, 0.05) is 31.1 Å². The second-order valence-corrected chi connectivity index (χ2v) is 9.57. The number of hydrogen-bond acceptors (Lipinski definition) is 4. The fraction of sp³-hybridized carbons (Fsp3) is 0.636. The lowest BCUT2D eigenvalue weighted by Crippen LogP contribution is -2.39. The number of piperidine rings is 1. The Kier molecular flexibility index (Phi) is 4.87. The van der Waals surface area contributed by atoms with Crippen LogP contribution in [0.2, 0.25) is 0 Å². The van der Waals surface area contributed by atoms with Crippen LogP contribution in [0.1, 0.15) is 80.5 Å². The summed E-state index contributed by atoms with van der Waals surface area (Å²) in [7, 11) is 0. The lowest BCUT2D eigenvalue weighted by molar-refractivity contribution is -0.138. The maximum Gasteiger partial charge on any atom is 0.303 e. The number of aromatic nitrogens is 3. The van der Waals surface area contributed by atoms with Crippen LogP contribution in [0.5, 0.6) is 0 Å². The third-order valence-electron chi connectivity index (χ3n) is 6.06. The molecule has 1 N–H and O–H groups in total. The molecule has 4 rings (SSSR count). The zero-order chi connectivity index (χ0) is 20.9. The SMILES string of the molecule is Cc1nn(C(C)(C)C)c2nc(C3CC3)cc(C(=O)N3CCC(CC(=O)O)CC3)c12. The van der Waals surface area contributed by atoms with Crippen molar-refractivity contribution in [2.75, 3.05) is 13.1 Å². The summed E-state index contributed by atoms with van der Waals surface area (Å²) in [5.74, 6) is -0.146. The van der Waals surface area contributed by atoms with Crippen LogP contribution in [0.4, 0.5) is 0 Å². The average molecular weight is 399 g/mol. The Morgan fingerprint density at radius 3 is 2.38 bits per heavy atom. The van der Waals surface area contributed by atoms with Crippen LogP contribution >= 0.6 is 0 Å². The second kappa shape index (κ2) is 7.11. The highest BCUT2D eigenvalue weighted by Crippen LogP contribution is 2.41. The van der Waals surface area contributed by atoms with E-state index < -0.39 is 5.97 Å². The zero-order valence-corrected chi connectivity index (χ0v) is 17.7. The molecule has 0 radical (unpaired) electrons. The monoisotopic (exact) mass is 398 g/mol. The highest BCUT2D eigenvalue weighted by Gasteiger charge is 2.32. The van der Waals surface area contributed by atoms with Gasteiger partial charge >= 0.3 is 5.97 Å². The Morgan fingerprint density at radius 1 is 1.17 bits per heavy atom. The van der Waals surface area contributed by atoms with Crippen LogP contribution < -0.4 is 0 Å². The van der Waals surface area contributed by atoms with E-state index in [2.05, 4.69) is 20.8 Å². The molecule has 156 valence electrons. The highest BCUT2D eigenvalue weighted by molar-refractivity contribution is 6.06. The number of hydrogen-bond donors (Lipinski definition) is 1. The number of pyridine rings is 1. The first-order valence-corrected chi connectivity index (χ1v) is 10.6. The number of rotatable bonds is 4. The maximum atomic E-state index is 13.5. The molecule has 2 aliphatic rings. The molecule has 1 saturated carbocycles. The molecule has 0 spiro atoms. The van der Waals surface area contributed by atoms with Gasteiger partial charge in [-0.25, -0.2) is 9.67 Å². The van der Waals surface area contributed by atoms with E-state index in [9.17, 15) is 9.59 Å². The minimum absolute atomic E-state index is 0.0182. The van der Waals surface area contributed by atoms with Crippen molar-refractivity contribution < 1.29 is 14.7 Å². The lowest BCUT2D eigenvalue weighted by Gasteiger charge is -2.31. The normalized spacial score (nSPS) is 18.4. The summed E-state index contributed by atoms with van der Waals surface area (Å²) in [5.41, 5.74) is 3.09. The predicted molar refractivity (Wildman–Crippen MR) is 110 cm³/mol. The van der Waals surface area contributed by atoms with E-state index in [1.807, 2.05) is 22.6 Å². The van der Waals surface area contributed by atoms with Gasteiger partial charge in [0.1, 0.15) is 0 Å². The number of amides is 1. The molecule has 3 heterocycles. The molecular formula is C22H30N4O3. The summed E-state index contributed by atoms with van der Waals surface area (Å²) in [6, 6.07) is 1.98. The lowest BCUT2D eigenvalue weighted by atomic mass is 9.93. The Balaban J connectivity index is 1.70. The van der Waals surface area contributed by atoms with Crippen LogP contribution in [0.15, 0.2) is 6.07 Å². The number of carboxylic acid groups (broad SMARTS) is 1. The Morgan fingerprint density at radius 2 is 1.83 bits per heavy atom. The number of carboxylic acids is 1. The Hall–Kier alpha value is -2.44. The van der Waals surface area contributed by atoms with Crippen LogP contribution in [0, 0.1) is 12.8 Å². The minimum Gasteiger partial charge on any atom is -0.481 e. The van der Waals surface area contributed by atoms with Gasteiger partial charge in [-0.3, -0.25) is 9.59 Å². The standard InChI is InChI=1S/C22H30N4O3/c1-13-19-16(21(29)25-9-7-14(8-10-25)11-18(27)28)12-17(15-5-6-15)23-20(19)26(24-13)22(2,3)4/h12,14-15H,5-11H2,1-4H3,(H,27,28). The van der Waals surface area contributed by atoms with Crippen molar-refractivity contribution >= 4 is 22.9 Å². The van der Waals surface area contributed by atoms with Crippen molar-refractivity contribution in [1.29, 1.82) is 0 Å². The van der Waals surface area contributed by atoms with Crippen LogP contribution in [0.3, 0.4) is 0 Å². The Labute approximate surface area is 171 Å². The van der Waals surface area contributed by atoms with Crippen molar-refractivity contribution in [3.8, 4) is 0 Å². The van der Waals surface area contributed by atoms with E-state index in [1.54, 1.807) is 0 Å². The van der Waals surface area contributed by atoms with Gasteiger partial charge in [-0.15, -0.1) is 0 Å². The van der Waals surface area contributed by atoms with Gasteiger partial charge in [0.2, 0.25) is 0 Å². The van der Waals surface area contributed by atoms with Gasteiger partial charge in [0.15, 0.2) is 5.65 Å². The molecule has 0 atom stereocenters. The third kappa shape index (κ3) is 3.87. The van der Waals surface area contributed by atoms with Crippen LogP contribution in [-0.4, -0.2) is 49.7 Å². The quantitative estimate of drug-likeness (QED) is 0.848. The van der Waals surface area contributed by atoms with Gasteiger partial charge in [0.25, 0.3) is 5.91 Å². The summed E-state index contributed by atoms with van der Waals surface area (Å²) >= 11 is 0. The van der Waals surface area contributed by atoms with E-state index in [-0.39, 0.29) is 23.8 Å². The fourth-order valence-corrected chi connectivity index (χ4v) is 4.29. The van der Waals surface area contributed by atoms with E-state index in [1.165, 1.54) is 0 Å². The van der Waals surface area contributed by atoms with Crippen LogP contribution in [-0.2, 0) is 10.3 Å². The Bertz CT molecular complexity index is 961. The third-order valence-corrected chi connectivity index (χ3v) is 6.06. The van der Waals surface area contributed by atoms with Crippen molar-refractivity contribution in [2.24, 2.45) is 5.92 Å². The topological polar surface area (TPSA) is 88.3 Å². The predicted octanol–water partition coefficient (Wildman–Crippen LogP) is 3.70.